The van der Waals surface area contributed by atoms with Crippen molar-refractivity contribution in [2.75, 3.05) is 6.61 Å². The van der Waals surface area contributed by atoms with E-state index in [0.29, 0.717) is 23.2 Å². The van der Waals surface area contributed by atoms with Crippen LogP contribution in [0.1, 0.15) is 62.3 Å². The molecule has 0 fully saturated rings. The fourth-order valence-corrected chi connectivity index (χ4v) is 9.44. The standard InChI is InChI=1S/C19H38O3Si/c1-10-11-18(17(9)20)16(8)19(21)12-22-23(13(2)3,14(4)5)15(6)7/h13-21H,12H2,1-9H3/t16-,17+,18+,19-/m0/s1. The van der Waals surface area contributed by atoms with Crippen molar-refractivity contribution >= 4 is 8.32 Å². The van der Waals surface area contributed by atoms with Gasteiger partial charge in [0.1, 0.15) is 0 Å². The van der Waals surface area contributed by atoms with Gasteiger partial charge in [-0.25, -0.2) is 0 Å². The van der Waals surface area contributed by atoms with Gasteiger partial charge in [0.05, 0.1) is 24.7 Å². The lowest BCUT2D eigenvalue weighted by Gasteiger charge is -2.43. The van der Waals surface area contributed by atoms with E-state index in [1.54, 1.807) is 13.8 Å². The second kappa shape index (κ2) is 9.83. The van der Waals surface area contributed by atoms with Gasteiger partial charge in [0.15, 0.2) is 8.32 Å². The molecule has 23 heavy (non-hydrogen) atoms. The molecule has 0 radical (unpaired) electrons. The maximum absolute atomic E-state index is 10.6. The monoisotopic (exact) mass is 342 g/mol. The second-order valence-corrected chi connectivity index (χ2v) is 13.2. The summed E-state index contributed by atoms with van der Waals surface area (Å²) in [5.74, 6) is 5.53. The van der Waals surface area contributed by atoms with Crippen molar-refractivity contribution in [3.05, 3.63) is 0 Å². The Morgan fingerprint density at radius 3 is 1.61 bits per heavy atom. The Kier molecular flexibility index (Phi) is 9.69. The van der Waals surface area contributed by atoms with Gasteiger partial charge in [-0.3, -0.25) is 0 Å². The van der Waals surface area contributed by atoms with Crippen LogP contribution < -0.4 is 0 Å². The molecule has 0 spiro atoms. The van der Waals surface area contributed by atoms with Crippen LogP contribution in [0.25, 0.3) is 0 Å². The molecule has 0 aromatic rings. The third-order valence-corrected chi connectivity index (χ3v) is 11.3. The van der Waals surface area contributed by atoms with Crippen molar-refractivity contribution in [1.29, 1.82) is 0 Å². The predicted octanol–water partition coefficient (Wildman–Crippen LogP) is 4.20. The van der Waals surface area contributed by atoms with Crippen molar-refractivity contribution in [3.8, 4) is 11.8 Å². The zero-order valence-corrected chi connectivity index (χ0v) is 17.6. The Labute approximate surface area is 145 Å². The minimum Gasteiger partial charge on any atom is -0.413 e. The number of aliphatic hydroxyl groups excluding tert-OH is 2. The Bertz CT molecular complexity index is 371. The third kappa shape index (κ3) is 5.60. The van der Waals surface area contributed by atoms with Crippen molar-refractivity contribution in [2.24, 2.45) is 11.8 Å². The van der Waals surface area contributed by atoms with Gasteiger partial charge >= 0.3 is 0 Å². The quantitative estimate of drug-likeness (QED) is 0.488. The lowest BCUT2D eigenvalue weighted by molar-refractivity contribution is 0.0147. The molecule has 3 nitrogen and oxygen atoms in total. The Balaban J connectivity index is 5.13. The summed E-state index contributed by atoms with van der Waals surface area (Å²) in [5.41, 5.74) is 1.48. The van der Waals surface area contributed by atoms with Crippen molar-refractivity contribution in [3.63, 3.8) is 0 Å². The summed E-state index contributed by atoms with van der Waals surface area (Å²) in [6, 6.07) is 0. The highest BCUT2D eigenvalue weighted by Gasteiger charge is 2.45. The zero-order chi connectivity index (χ0) is 18.4. The predicted molar refractivity (Wildman–Crippen MR) is 101 cm³/mol. The van der Waals surface area contributed by atoms with E-state index in [-0.39, 0.29) is 11.8 Å². The van der Waals surface area contributed by atoms with Crippen LogP contribution in [0.15, 0.2) is 0 Å². The minimum absolute atomic E-state index is 0.124. The molecule has 136 valence electrons. The van der Waals surface area contributed by atoms with E-state index in [4.69, 9.17) is 4.43 Å². The molecule has 0 saturated carbocycles. The average molecular weight is 343 g/mol. The van der Waals surface area contributed by atoms with E-state index in [2.05, 4.69) is 53.4 Å². The highest BCUT2D eigenvalue weighted by Crippen LogP contribution is 2.42. The number of aliphatic hydroxyl groups is 2. The molecular weight excluding hydrogens is 304 g/mol. The first-order valence-corrected chi connectivity index (χ1v) is 11.1. The smallest absolute Gasteiger partial charge is 0.200 e. The molecule has 0 aliphatic rings. The van der Waals surface area contributed by atoms with Crippen LogP contribution in [0.2, 0.25) is 16.6 Å². The SMILES string of the molecule is CC#C[C@H]([C@H](C)[C@@H](O)CO[Si](C(C)C)(C(C)C)C(C)C)[C@@H](C)O. The molecule has 0 aromatic carbocycles. The summed E-state index contributed by atoms with van der Waals surface area (Å²) in [7, 11) is -1.98. The van der Waals surface area contributed by atoms with Gasteiger partial charge in [-0.2, -0.15) is 0 Å². The lowest BCUT2D eigenvalue weighted by atomic mass is 9.86. The molecule has 0 rings (SSSR count). The van der Waals surface area contributed by atoms with Gasteiger partial charge in [0, 0.05) is 5.92 Å². The number of rotatable bonds is 9. The van der Waals surface area contributed by atoms with E-state index in [9.17, 15) is 10.2 Å². The third-order valence-electron chi connectivity index (χ3n) is 5.22. The second-order valence-electron chi connectivity index (χ2n) is 7.72. The van der Waals surface area contributed by atoms with Crippen molar-refractivity contribution in [1.82, 2.24) is 0 Å². The first kappa shape index (κ1) is 22.7. The summed E-state index contributed by atoms with van der Waals surface area (Å²) in [5, 5.41) is 20.5. The van der Waals surface area contributed by atoms with Crippen LogP contribution in [0.3, 0.4) is 0 Å². The Hall–Kier alpha value is -0.343. The van der Waals surface area contributed by atoms with Crippen molar-refractivity contribution in [2.45, 2.75) is 91.1 Å². The van der Waals surface area contributed by atoms with E-state index in [1.165, 1.54) is 0 Å². The fraction of sp³-hybridized carbons (Fsp3) is 0.895. The maximum atomic E-state index is 10.6. The fourth-order valence-electron chi connectivity index (χ4n) is 3.98. The normalized spacial score (nSPS) is 17.8. The van der Waals surface area contributed by atoms with Gasteiger partial charge < -0.3 is 14.6 Å². The first-order chi connectivity index (χ1) is 10.5. The summed E-state index contributed by atoms with van der Waals surface area (Å²) in [4.78, 5) is 0. The van der Waals surface area contributed by atoms with Crippen LogP contribution in [0.5, 0.6) is 0 Å². The lowest BCUT2D eigenvalue weighted by Crippen LogP contribution is -2.50. The van der Waals surface area contributed by atoms with Gasteiger partial charge in [0.2, 0.25) is 0 Å². The van der Waals surface area contributed by atoms with E-state index in [0.717, 1.165) is 0 Å². The first-order valence-electron chi connectivity index (χ1n) is 8.94. The summed E-state index contributed by atoms with van der Waals surface area (Å²) in [6.45, 7) is 19.2. The largest absolute Gasteiger partial charge is 0.413 e. The van der Waals surface area contributed by atoms with E-state index in [1.807, 2.05) is 6.92 Å². The topological polar surface area (TPSA) is 49.7 Å². The van der Waals surface area contributed by atoms with Gasteiger partial charge in [-0.05, 0) is 30.5 Å². The highest BCUT2D eigenvalue weighted by molar-refractivity contribution is 6.77. The highest BCUT2D eigenvalue weighted by atomic mass is 28.4. The molecule has 0 aliphatic carbocycles. The van der Waals surface area contributed by atoms with Crippen LogP contribution in [0, 0.1) is 23.7 Å². The molecule has 4 heteroatoms. The Morgan fingerprint density at radius 2 is 1.30 bits per heavy atom. The molecule has 0 aliphatic heterocycles. The molecule has 4 atom stereocenters. The van der Waals surface area contributed by atoms with E-state index >= 15 is 0 Å². The zero-order valence-electron chi connectivity index (χ0n) is 16.6. The van der Waals surface area contributed by atoms with Gasteiger partial charge in [-0.15, -0.1) is 5.92 Å². The molecule has 0 saturated heterocycles. The van der Waals surface area contributed by atoms with Gasteiger partial charge in [-0.1, -0.05) is 54.4 Å². The van der Waals surface area contributed by atoms with E-state index < -0.39 is 20.5 Å². The molecule has 0 amide bonds. The minimum atomic E-state index is -1.98. The summed E-state index contributed by atoms with van der Waals surface area (Å²) >= 11 is 0. The van der Waals surface area contributed by atoms with Crippen LogP contribution in [-0.2, 0) is 4.43 Å². The molecule has 0 aromatic heterocycles. The van der Waals surface area contributed by atoms with Crippen LogP contribution in [0.4, 0.5) is 0 Å². The molecule has 2 N–H and O–H groups in total. The van der Waals surface area contributed by atoms with Crippen LogP contribution >= 0.6 is 0 Å². The average Bonchev–Trinajstić information content (AvgIpc) is 2.42. The van der Waals surface area contributed by atoms with Crippen molar-refractivity contribution < 1.29 is 14.6 Å². The molecular formula is C19H38O3Si. The molecule has 0 heterocycles. The number of hydrogen-bond acceptors (Lipinski definition) is 3. The number of hydrogen-bond donors (Lipinski definition) is 2. The summed E-state index contributed by atoms with van der Waals surface area (Å²) in [6.07, 6.45) is -1.17. The van der Waals surface area contributed by atoms with Crippen LogP contribution in [-0.4, -0.2) is 37.3 Å². The Morgan fingerprint density at radius 1 is 0.870 bits per heavy atom. The molecule has 0 unspecified atom stereocenters. The summed E-state index contributed by atoms with van der Waals surface area (Å²) < 4.78 is 6.46. The van der Waals surface area contributed by atoms with Gasteiger partial charge in [0.25, 0.3) is 0 Å². The molecule has 0 bridgehead atoms. The maximum Gasteiger partial charge on any atom is 0.200 e.